The summed E-state index contributed by atoms with van der Waals surface area (Å²) in [6.45, 7) is 9.87. The van der Waals surface area contributed by atoms with E-state index in [-0.39, 0.29) is 24.3 Å². The van der Waals surface area contributed by atoms with E-state index < -0.39 is 0 Å². The molecule has 24 heavy (non-hydrogen) atoms. The Balaban J connectivity index is 2.16. The molecule has 2 N–H and O–H groups in total. The van der Waals surface area contributed by atoms with Gasteiger partial charge in [-0.3, -0.25) is 14.6 Å². The second-order valence-corrected chi connectivity index (χ2v) is 5.88. The molecule has 0 saturated carbocycles. The minimum Gasteiger partial charge on any atom is -0.354 e. The van der Waals surface area contributed by atoms with Gasteiger partial charge >= 0.3 is 0 Å². The average molecular weight is 334 g/mol. The van der Waals surface area contributed by atoms with Gasteiger partial charge in [-0.05, 0) is 51.5 Å². The normalized spacial score (nSPS) is 12.0. The first-order valence-electron chi connectivity index (χ1n) is 8.76. The van der Waals surface area contributed by atoms with Crippen LogP contribution >= 0.6 is 0 Å². The number of amides is 2. The fourth-order valence-corrected chi connectivity index (χ4v) is 2.47. The molecule has 1 rings (SSSR count). The van der Waals surface area contributed by atoms with Gasteiger partial charge in [0.25, 0.3) is 5.91 Å². The number of hydrogen-bond acceptors (Lipinski definition) is 4. The standard InChI is InChI=1S/C18H30N4O2/c1-4-22(5-2)14-6-7-15(3)21-17(23)10-13-20-18(24)16-8-11-19-12-9-16/h8-9,11-12,15H,4-7,10,13-14H2,1-3H3,(H,20,24)(H,21,23)/t15-/m0/s1. The van der Waals surface area contributed by atoms with Crippen LogP contribution in [0.25, 0.3) is 0 Å². The number of carbonyl (C=O) groups is 2. The summed E-state index contributed by atoms with van der Waals surface area (Å²) in [7, 11) is 0. The summed E-state index contributed by atoms with van der Waals surface area (Å²) in [5, 5.41) is 5.73. The van der Waals surface area contributed by atoms with Crippen molar-refractivity contribution in [2.45, 2.75) is 46.1 Å². The molecule has 0 radical (unpaired) electrons. The maximum Gasteiger partial charge on any atom is 0.251 e. The van der Waals surface area contributed by atoms with Crippen molar-refractivity contribution in [3.63, 3.8) is 0 Å². The second-order valence-electron chi connectivity index (χ2n) is 5.88. The van der Waals surface area contributed by atoms with Crippen molar-refractivity contribution in [3.05, 3.63) is 30.1 Å². The van der Waals surface area contributed by atoms with Crippen molar-refractivity contribution in [1.29, 1.82) is 0 Å². The van der Waals surface area contributed by atoms with Crippen molar-refractivity contribution in [1.82, 2.24) is 20.5 Å². The Labute approximate surface area is 145 Å². The highest BCUT2D eigenvalue weighted by Crippen LogP contribution is 2.00. The van der Waals surface area contributed by atoms with E-state index in [1.807, 2.05) is 6.92 Å². The lowest BCUT2D eigenvalue weighted by Crippen LogP contribution is -2.36. The molecule has 0 aliphatic rings. The highest BCUT2D eigenvalue weighted by atomic mass is 16.2. The minimum absolute atomic E-state index is 0.0274. The van der Waals surface area contributed by atoms with E-state index in [1.165, 1.54) is 0 Å². The molecule has 0 spiro atoms. The monoisotopic (exact) mass is 334 g/mol. The van der Waals surface area contributed by atoms with E-state index in [0.717, 1.165) is 32.5 Å². The average Bonchev–Trinajstić information content (AvgIpc) is 2.59. The lowest BCUT2D eigenvalue weighted by Gasteiger charge is -2.19. The number of nitrogens with zero attached hydrogens (tertiary/aromatic N) is 2. The van der Waals surface area contributed by atoms with Crippen LogP contribution in [0.15, 0.2) is 24.5 Å². The number of rotatable bonds is 11. The number of aromatic nitrogens is 1. The summed E-state index contributed by atoms with van der Waals surface area (Å²) in [5.41, 5.74) is 0.551. The van der Waals surface area contributed by atoms with Crippen molar-refractivity contribution >= 4 is 11.8 Å². The Morgan fingerprint density at radius 1 is 1.21 bits per heavy atom. The van der Waals surface area contributed by atoms with Gasteiger partial charge in [-0.2, -0.15) is 0 Å². The first-order valence-corrected chi connectivity index (χ1v) is 8.76. The van der Waals surface area contributed by atoms with Crippen LogP contribution in [0.1, 0.15) is 50.4 Å². The summed E-state index contributed by atoms with van der Waals surface area (Å²) in [4.78, 5) is 30.0. The Morgan fingerprint density at radius 3 is 2.50 bits per heavy atom. The Morgan fingerprint density at radius 2 is 1.88 bits per heavy atom. The Kier molecular flexibility index (Phi) is 9.68. The maximum absolute atomic E-state index is 11.9. The highest BCUT2D eigenvalue weighted by molar-refractivity contribution is 5.94. The zero-order valence-electron chi connectivity index (χ0n) is 15.0. The topological polar surface area (TPSA) is 74.3 Å². The van der Waals surface area contributed by atoms with Gasteiger partial charge in [-0.15, -0.1) is 0 Å². The van der Waals surface area contributed by atoms with Gasteiger partial charge in [-0.1, -0.05) is 13.8 Å². The number of pyridine rings is 1. The van der Waals surface area contributed by atoms with E-state index >= 15 is 0 Å². The van der Waals surface area contributed by atoms with Gasteiger partial charge in [0.05, 0.1) is 0 Å². The van der Waals surface area contributed by atoms with Crippen molar-refractivity contribution in [2.24, 2.45) is 0 Å². The molecular formula is C18H30N4O2. The van der Waals surface area contributed by atoms with Gasteiger partial charge in [0.1, 0.15) is 0 Å². The van der Waals surface area contributed by atoms with Gasteiger partial charge in [-0.25, -0.2) is 0 Å². The molecule has 0 aliphatic heterocycles. The third kappa shape index (κ3) is 8.06. The van der Waals surface area contributed by atoms with Crippen LogP contribution in [0.5, 0.6) is 0 Å². The number of hydrogen-bond donors (Lipinski definition) is 2. The highest BCUT2D eigenvalue weighted by Gasteiger charge is 2.09. The molecular weight excluding hydrogens is 304 g/mol. The zero-order valence-corrected chi connectivity index (χ0v) is 15.0. The van der Waals surface area contributed by atoms with E-state index in [0.29, 0.717) is 12.1 Å². The molecule has 1 aromatic rings. The lowest BCUT2D eigenvalue weighted by molar-refractivity contribution is -0.121. The smallest absolute Gasteiger partial charge is 0.251 e. The van der Waals surface area contributed by atoms with E-state index in [4.69, 9.17) is 0 Å². The van der Waals surface area contributed by atoms with Crippen LogP contribution in [0, 0.1) is 0 Å². The van der Waals surface area contributed by atoms with Crippen molar-refractivity contribution in [3.8, 4) is 0 Å². The van der Waals surface area contributed by atoms with Gasteiger partial charge < -0.3 is 15.5 Å². The molecule has 0 bridgehead atoms. The molecule has 0 fully saturated rings. The molecule has 2 amide bonds. The largest absolute Gasteiger partial charge is 0.354 e. The summed E-state index contributed by atoms with van der Waals surface area (Å²) in [5.74, 6) is -0.210. The fourth-order valence-electron chi connectivity index (χ4n) is 2.47. The third-order valence-electron chi connectivity index (χ3n) is 3.99. The minimum atomic E-state index is -0.183. The van der Waals surface area contributed by atoms with E-state index in [9.17, 15) is 9.59 Å². The first-order chi connectivity index (χ1) is 11.6. The SMILES string of the molecule is CCN(CC)CCC[C@H](C)NC(=O)CCNC(=O)c1ccncc1. The molecule has 0 aromatic carbocycles. The zero-order chi connectivity index (χ0) is 17.8. The maximum atomic E-state index is 11.9. The molecule has 1 atom stereocenters. The van der Waals surface area contributed by atoms with E-state index in [2.05, 4.69) is 34.4 Å². The summed E-state index contributed by atoms with van der Waals surface area (Å²) in [6.07, 6.45) is 5.47. The van der Waals surface area contributed by atoms with Crippen LogP contribution in [0.3, 0.4) is 0 Å². The molecule has 6 heteroatoms. The first kappa shape index (κ1) is 20.1. The summed E-state index contributed by atoms with van der Waals surface area (Å²) >= 11 is 0. The summed E-state index contributed by atoms with van der Waals surface area (Å²) in [6, 6.07) is 3.45. The predicted octanol–water partition coefficient (Wildman–Crippen LogP) is 1.83. The van der Waals surface area contributed by atoms with Crippen molar-refractivity contribution in [2.75, 3.05) is 26.2 Å². The van der Waals surface area contributed by atoms with Crippen molar-refractivity contribution < 1.29 is 9.59 Å². The quantitative estimate of drug-likeness (QED) is 0.647. The van der Waals surface area contributed by atoms with E-state index in [1.54, 1.807) is 24.5 Å². The molecule has 0 unspecified atom stereocenters. The van der Waals surface area contributed by atoms with Crippen LogP contribution < -0.4 is 10.6 Å². The van der Waals surface area contributed by atoms with Gasteiger partial charge in [0, 0.05) is 37.0 Å². The molecule has 1 heterocycles. The number of nitrogens with one attached hydrogen (secondary N) is 2. The molecule has 0 aliphatic carbocycles. The van der Waals surface area contributed by atoms with Gasteiger partial charge in [0.2, 0.25) is 5.91 Å². The Hall–Kier alpha value is -1.95. The fraction of sp³-hybridized carbons (Fsp3) is 0.611. The van der Waals surface area contributed by atoms with Crippen LogP contribution in [0.2, 0.25) is 0 Å². The lowest BCUT2D eigenvalue weighted by atomic mass is 10.1. The number of carbonyl (C=O) groups excluding carboxylic acids is 2. The molecule has 6 nitrogen and oxygen atoms in total. The summed E-state index contributed by atoms with van der Waals surface area (Å²) < 4.78 is 0. The molecule has 1 aromatic heterocycles. The van der Waals surface area contributed by atoms with Crippen LogP contribution in [-0.2, 0) is 4.79 Å². The predicted molar refractivity (Wildman–Crippen MR) is 95.8 cm³/mol. The van der Waals surface area contributed by atoms with Crippen LogP contribution in [0.4, 0.5) is 0 Å². The Bertz CT molecular complexity index is 489. The molecule has 0 saturated heterocycles. The second kappa shape index (κ2) is 11.6. The molecule has 134 valence electrons. The third-order valence-corrected chi connectivity index (χ3v) is 3.99. The van der Waals surface area contributed by atoms with Gasteiger partial charge in [0.15, 0.2) is 0 Å². The van der Waals surface area contributed by atoms with Crippen LogP contribution in [-0.4, -0.2) is 53.9 Å².